The second kappa shape index (κ2) is 6.64. The van der Waals surface area contributed by atoms with Crippen molar-refractivity contribution in [1.82, 2.24) is 10.2 Å². The van der Waals surface area contributed by atoms with Gasteiger partial charge in [-0.2, -0.15) is 0 Å². The molecule has 4 heteroatoms. The first-order chi connectivity index (χ1) is 9.47. The van der Waals surface area contributed by atoms with Gasteiger partial charge in [-0.1, -0.05) is 0 Å². The fourth-order valence-corrected chi connectivity index (χ4v) is 2.99. The van der Waals surface area contributed by atoms with E-state index >= 15 is 0 Å². The Hall–Kier alpha value is -1.00. The van der Waals surface area contributed by atoms with Crippen LogP contribution in [0.5, 0.6) is 0 Å². The molecule has 2 nitrogen and oxygen atoms in total. The second-order valence-electron chi connectivity index (χ2n) is 5.96. The third-order valence-corrected chi connectivity index (χ3v) is 4.12. The summed E-state index contributed by atoms with van der Waals surface area (Å²) in [5, 5.41) is 3.48. The van der Waals surface area contributed by atoms with Crippen LogP contribution in [0.25, 0.3) is 0 Å². The number of hydrogen-bond acceptors (Lipinski definition) is 2. The largest absolute Gasteiger partial charge is 0.313 e. The molecule has 2 rings (SSSR count). The minimum Gasteiger partial charge on any atom is -0.313 e. The first-order valence-electron chi connectivity index (χ1n) is 7.42. The van der Waals surface area contributed by atoms with Gasteiger partial charge in [-0.3, -0.25) is 4.90 Å². The summed E-state index contributed by atoms with van der Waals surface area (Å²) in [6.07, 6.45) is 2.38. The monoisotopic (exact) mass is 282 g/mol. The molecule has 0 aliphatic carbocycles. The van der Waals surface area contributed by atoms with Gasteiger partial charge in [0.15, 0.2) is 0 Å². The molecule has 0 amide bonds. The highest BCUT2D eigenvalue weighted by atomic mass is 19.1. The molecule has 1 aromatic carbocycles. The Morgan fingerprint density at radius 1 is 1.20 bits per heavy atom. The second-order valence-corrected chi connectivity index (χ2v) is 5.96. The molecule has 2 atom stereocenters. The van der Waals surface area contributed by atoms with Gasteiger partial charge in [0.25, 0.3) is 0 Å². The SMILES string of the molecule is CC(C)N(CC1CCCN1)C(C)c1cc(F)cc(F)c1. The van der Waals surface area contributed by atoms with Gasteiger partial charge in [-0.25, -0.2) is 8.78 Å². The normalized spacial score (nSPS) is 20.9. The van der Waals surface area contributed by atoms with Crippen LogP contribution in [0.1, 0.15) is 45.2 Å². The van der Waals surface area contributed by atoms with Gasteiger partial charge in [0.05, 0.1) is 0 Å². The quantitative estimate of drug-likeness (QED) is 0.889. The minimum atomic E-state index is -0.505. The fourth-order valence-electron chi connectivity index (χ4n) is 2.99. The molecule has 0 aromatic heterocycles. The number of nitrogens with zero attached hydrogens (tertiary/aromatic N) is 1. The summed E-state index contributed by atoms with van der Waals surface area (Å²) >= 11 is 0. The van der Waals surface area contributed by atoms with Crippen LogP contribution in [0.3, 0.4) is 0 Å². The molecule has 1 aromatic rings. The van der Waals surface area contributed by atoms with Gasteiger partial charge in [0.1, 0.15) is 11.6 Å². The van der Waals surface area contributed by atoms with Gasteiger partial charge in [-0.15, -0.1) is 0 Å². The minimum absolute atomic E-state index is 0.00241. The van der Waals surface area contributed by atoms with Crippen molar-refractivity contribution in [3.63, 3.8) is 0 Å². The van der Waals surface area contributed by atoms with Crippen LogP contribution < -0.4 is 5.32 Å². The van der Waals surface area contributed by atoms with Crippen molar-refractivity contribution in [2.45, 2.75) is 51.7 Å². The predicted molar refractivity (Wildman–Crippen MR) is 77.6 cm³/mol. The van der Waals surface area contributed by atoms with E-state index in [0.717, 1.165) is 19.2 Å². The van der Waals surface area contributed by atoms with Crippen molar-refractivity contribution in [2.75, 3.05) is 13.1 Å². The zero-order valence-electron chi connectivity index (χ0n) is 12.5. The zero-order chi connectivity index (χ0) is 14.7. The van der Waals surface area contributed by atoms with Crippen molar-refractivity contribution in [3.8, 4) is 0 Å². The maximum absolute atomic E-state index is 13.4. The molecule has 0 spiro atoms. The first kappa shape index (κ1) is 15.4. The summed E-state index contributed by atoms with van der Waals surface area (Å²) in [6, 6.07) is 4.62. The molecule has 112 valence electrons. The fraction of sp³-hybridized carbons (Fsp3) is 0.625. The Morgan fingerprint density at radius 3 is 2.35 bits per heavy atom. The average molecular weight is 282 g/mol. The van der Waals surface area contributed by atoms with Crippen LogP contribution >= 0.6 is 0 Å². The van der Waals surface area contributed by atoms with E-state index in [0.29, 0.717) is 17.6 Å². The molecule has 1 heterocycles. The van der Waals surface area contributed by atoms with E-state index in [4.69, 9.17) is 0 Å². The first-order valence-corrected chi connectivity index (χ1v) is 7.42. The van der Waals surface area contributed by atoms with Gasteiger partial charge < -0.3 is 5.32 Å². The highest BCUT2D eigenvalue weighted by Crippen LogP contribution is 2.25. The molecule has 1 aliphatic heterocycles. The van der Waals surface area contributed by atoms with E-state index in [1.54, 1.807) is 0 Å². The summed E-state index contributed by atoms with van der Waals surface area (Å²) in [5.41, 5.74) is 0.703. The zero-order valence-corrected chi connectivity index (χ0v) is 12.5. The van der Waals surface area contributed by atoms with E-state index in [2.05, 4.69) is 24.1 Å². The standard InChI is InChI=1S/C16H24F2N2/c1-11(2)20(10-16-5-4-6-19-16)12(3)13-7-14(17)9-15(18)8-13/h7-9,11-12,16,19H,4-6,10H2,1-3H3. The van der Waals surface area contributed by atoms with Crippen molar-refractivity contribution >= 4 is 0 Å². The smallest absolute Gasteiger partial charge is 0.126 e. The lowest BCUT2D eigenvalue weighted by Gasteiger charge is -2.35. The summed E-state index contributed by atoms with van der Waals surface area (Å²) in [5.74, 6) is -1.01. The third kappa shape index (κ3) is 3.76. The summed E-state index contributed by atoms with van der Waals surface area (Å²) in [6.45, 7) is 8.25. The van der Waals surface area contributed by atoms with Crippen LogP contribution in [0.15, 0.2) is 18.2 Å². The predicted octanol–water partition coefficient (Wildman–Crippen LogP) is 3.49. The lowest BCUT2D eigenvalue weighted by molar-refractivity contribution is 0.149. The van der Waals surface area contributed by atoms with E-state index in [1.807, 2.05) is 6.92 Å². The number of benzene rings is 1. The molecule has 0 saturated carbocycles. The maximum atomic E-state index is 13.4. The van der Waals surface area contributed by atoms with Crippen molar-refractivity contribution in [2.24, 2.45) is 0 Å². The van der Waals surface area contributed by atoms with Gasteiger partial charge in [-0.05, 0) is 57.9 Å². The number of halogens is 2. The van der Waals surface area contributed by atoms with E-state index in [-0.39, 0.29) is 6.04 Å². The molecule has 0 radical (unpaired) electrons. The average Bonchev–Trinajstić information content (AvgIpc) is 2.86. The van der Waals surface area contributed by atoms with Crippen molar-refractivity contribution in [1.29, 1.82) is 0 Å². The van der Waals surface area contributed by atoms with E-state index < -0.39 is 11.6 Å². The maximum Gasteiger partial charge on any atom is 0.126 e. The van der Waals surface area contributed by atoms with E-state index in [9.17, 15) is 8.78 Å². The van der Waals surface area contributed by atoms with Gasteiger partial charge >= 0.3 is 0 Å². The Balaban J connectivity index is 2.14. The molecular weight excluding hydrogens is 258 g/mol. The van der Waals surface area contributed by atoms with Gasteiger partial charge in [0, 0.05) is 30.7 Å². The molecule has 1 N–H and O–H groups in total. The Labute approximate surface area is 120 Å². The topological polar surface area (TPSA) is 15.3 Å². The lowest BCUT2D eigenvalue weighted by Crippen LogP contribution is -2.42. The number of rotatable bonds is 5. The lowest BCUT2D eigenvalue weighted by atomic mass is 10.0. The van der Waals surface area contributed by atoms with Crippen LogP contribution in [0.4, 0.5) is 8.78 Å². The number of nitrogens with one attached hydrogen (secondary N) is 1. The molecule has 20 heavy (non-hydrogen) atoms. The van der Waals surface area contributed by atoms with Crippen molar-refractivity contribution in [3.05, 3.63) is 35.4 Å². The molecule has 0 bridgehead atoms. The molecule has 2 unspecified atom stereocenters. The number of hydrogen-bond donors (Lipinski definition) is 1. The molecule has 1 fully saturated rings. The Morgan fingerprint density at radius 2 is 1.85 bits per heavy atom. The van der Waals surface area contributed by atoms with E-state index in [1.165, 1.54) is 25.0 Å². The highest BCUT2D eigenvalue weighted by molar-refractivity contribution is 5.21. The Kier molecular flexibility index (Phi) is 5.11. The summed E-state index contributed by atoms with van der Waals surface area (Å²) in [7, 11) is 0. The summed E-state index contributed by atoms with van der Waals surface area (Å²) < 4.78 is 26.8. The van der Waals surface area contributed by atoms with Crippen molar-refractivity contribution < 1.29 is 8.78 Å². The molecule has 1 saturated heterocycles. The van der Waals surface area contributed by atoms with Crippen LogP contribution in [-0.4, -0.2) is 30.1 Å². The van der Waals surface area contributed by atoms with Gasteiger partial charge in [0.2, 0.25) is 0 Å². The molecule has 1 aliphatic rings. The summed E-state index contributed by atoms with van der Waals surface area (Å²) in [4.78, 5) is 2.30. The highest BCUT2D eigenvalue weighted by Gasteiger charge is 2.24. The van der Waals surface area contributed by atoms with Crippen LogP contribution in [0, 0.1) is 11.6 Å². The Bertz CT molecular complexity index is 422. The van der Waals surface area contributed by atoms with Crippen LogP contribution in [0.2, 0.25) is 0 Å². The third-order valence-electron chi connectivity index (χ3n) is 4.12. The molecular formula is C16H24F2N2. The van der Waals surface area contributed by atoms with Crippen LogP contribution in [-0.2, 0) is 0 Å².